The quantitative estimate of drug-likeness (QED) is 0.825. The van der Waals surface area contributed by atoms with E-state index in [-0.39, 0.29) is 11.8 Å². The van der Waals surface area contributed by atoms with Crippen LogP contribution in [0, 0.1) is 19.8 Å². The molecule has 0 spiro atoms. The zero-order valence-electron chi connectivity index (χ0n) is 12.2. The number of ether oxygens (including phenoxy) is 1. The lowest BCUT2D eigenvalue weighted by Gasteiger charge is -2.15. The Labute approximate surface area is 115 Å². The van der Waals surface area contributed by atoms with E-state index < -0.39 is 0 Å². The number of benzene rings is 1. The zero-order chi connectivity index (χ0) is 14.4. The summed E-state index contributed by atoms with van der Waals surface area (Å²) in [7, 11) is 1.64. The Morgan fingerprint density at radius 2 is 2.00 bits per heavy atom. The van der Waals surface area contributed by atoms with E-state index in [1.54, 1.807) is 7.11 Å². The SMILES string of the molecule is CCC(CN)C(=O)NCc1cc(C)c(C)cc1OC. The summed E-state index contributed by atoms with van der Waals surface area (Å²) in [5, 5.41) is 2.92. The highest BCUT2D eigenvalue weighted by atomic mass is 16.5. The Morgan fingerprint density at radius 3 is 2.53 bits per heavy atom. The van der Waals surface area contributed by atoms with Gasteiger partial charge in [0.1, 0.15) is 5.75 Å². The molecule has 1 aromatic rings. The molecule has 0 aliphatic carbocycles. The molecule has 0 saturated carbocycles. The molecule has 4 heteroatoms. The van der Waals surface area contributed by atoms with Crippen LogP contribution in [0.25, 0.3) is 0 Å². The molecule has 1 unspecified atom stereocenters. The van der Waals surface area contributed by atoms with E-state index in [2.05, 4.69) is 18.3 Å². The Hall–Kier alpha value is -1.55. The van der Waals surface area contributed by atoms with Gasteiger partial charge >= 0.3 is 0 Å². The lowest BCUT2D eigenvalue weighted by atomic mass is 10.0. The molecule has 0 heterocycles. The van der Waals surface area contributed by atoms with Crippen LogP contribution in [-0.4, -0.2) is 19.6 Å². The highest BCUT2D eigenvalue weighted by Gasteiger charge is 2.15. The van der Waals surface area contributed by atoms with E-state index in [0.29, 0.717) is 13.1 Å². The molecule has 0 aromatic heterocycles. The molecule has 0 fully saturated rings. The van der Waals surface area contributed by atoms with E-state index in [4.69, 9.17) is 10.5 Å². The number of rotatable bonds is 6. The Kier molecular flexibility index (Phi) is 5.83. The number of carbonyl (C=O) groups is 1. The molecule has 0 aliphatic heterocycles. The van der Waals surface area contributed by atoms with Crippen molar-refractivity contribution in [2.45, 2.75) is 33.7 Å². The van der Waals surface area contributed by atoms with Crippen molar-refractivity contribution in [3.63, 3.8) is 0 Å². The summed E-state index contributed by atoms with van der Waals surface area (Å²) in [6, 6.07) is 4.05. The molecule has 0 radical (unpaired) electrons. The molecule has 0 aliphatic rings. The van der Waals surface area contributed by atoms with Gasteiger partial charge in [0.2, 0.25) is 5.91 Å². The van der Waals surface area contributed by atoms with Crippen LogP contribution in [-0.2, 0) is 11.3 Å². The molecule has 1 atom stereocenters. The van der Waals surface area contributed by atoms with Gasteiger partial charge in [-0.25, -0.2) is 0 Å². The normalized spacial score (nSPS) is 12.1. The number of hydrogen-bond donors (Lipinski definition) is 2. The largest absolute Gasteiger partial charge is 0.496 e. The van der Waals surface area contributed by atoms with Gasteiger partial charge in [-0.05, 0) is 37.5 Å². The number of carbonyl (C=O) groups excluding carboxylic acids is 1. The van der Waals surface area contributed by atoms with Gasteiger partial charge in [0.05, 0.1) is 7.11 Å². The second-order valence-corrected chi connectivity index (χ2v) is 4.81. The fourth-order valence-corrected chi connectivity index (χ4v) is 1.96. The van der Waals surface area contributed by atoms with Crippen LogP contribution in [0.3, 0.4) is 0 Å². The first-order chi connectivity index (χ1) is 9.03. The van der Waals surface area contributed by atoms with E-state index in [0.717, 1.165) is 17.7 Å². The minimum Gasteiger partial charge on any atom is -0.496 e. The maximum atomic E-state index is 11.9. The Balaban J connectivity index is 2.77. The van der Waals surface area contributed by atoms with E-state index in [1.165, 1.54) is 11.1 Å². The van der Waals surface area contributed by atoms with Gasteiger partial charge in [-0.15, -0.1) is 0 Å². The molecule has 1 amide bonds. The van der Waals surface area contributed by atoms with Gasteiger partial charge in [-0.1, -0.05) is 13.0 Å². The van der Waals surface area contributed by atoms with Gasteiger partial charge < -0.3 is 15.8 Å². The van der Waals surface area contributed by atoms with Gasteiger partial charge in [-0.2, -0.15) is 0 Å². The molecule has 4 nitrogen and oxygen atoms in total. The van der Waals surface area contributed by atoms with Crippen molar-refractivity contribution in [3.8, 4) is 5.75 Å². The standard InChI is InChI=1S/C15H24N2O2/c1-5-12(8-16)15(18)17-9-13-6-10(2)11(3)7-14(13)19-4/h6-7,12H,5,8-9,16H2,1-4H3,(H,17,18). The predicted molar refractivity (Wildman–Crippen MR) is 77.2 cm³/mol. The van der Waals surface area contributed by atoms with Crippen LogP contribution >= 0.6 is 0 Å². The number of methoxy groups -OCH3 is 1. The third-order valence-electron chi connectivity index (χ3n) is 3.50. The van der Waals surface area contributed by atoms with Crippen molar-refractivity contribution >= 4 is 5.91 Å². The van der Waals surface area contributed by atoms with Crippen molar-refractivity contribution in [3.05, 3.63) is 28.8 Å². The van der Waals surface area contributed by atoms with Gasteiger partial charge in [-0.3, -0.25) is 4.79 Å². The molecule has 0 saturated heterocycles. The summed E-state index contributed by atoms with van der Waals surface area (Å²) in [6.45, 7) is 6.91. The number of aryl methyl sites for hydroxylation is 2. The van der Waals surface area contributed by atoms with Gasteiger partial charge in [0, 0.05) is 24.6 Å². The topological polar surface area (TPSA) is 64.4 Å². The summed E-state index contributed by atoms with van der Waals surface area (Å²) in [5.41, 5.74) is 8.93. The molecule has 1 rings (SSSR count). The molecule has 1 aromatic carbocycles. The van der Waals surface area contributed by atoms with Crippen LogP contribution in [0.2, 0.25) is 0 Å². The molecule has 106 valence electrons. The smallest absolute Gasteiger partial charge is 0.224 e. The van der Waals surface area contributed by atoms with Gasteiger partial charge in [0.15, 0.2) is 0 Å². The summed E-state index contributed by atoms with van der Waals surface area (Å²) in [5.74, 6) is 0.701. The third kappa shape index (κ3) is 3.96. The van der Waals surface area contributed by atoms with Crippen LogP contribution in [0.1, 0.15) is 30.0 Å². The van der Waals surface area contributed by atoms with Crippen molar-refractivity contribution in [1.29, 1.82) is 0 Å². The number of hydrogen-bond acceptors (Lipinski definition) is 3. The Bertz CT molecular complexity index is 440. The molecular weight excluding hydrogens is 240 g/mol. The van der Waals surface area contributed by atoms with Crippen LogP contribution < -0.4 is 15.8 Å². The number of nitrogens with two attached hydrogens (primary N) is 1. The summed E-state index contributed by atoms with van der Waals surface area (Å²) < 4.78 is 5.35. The first-order valence-electron chi connectivity index (χ1n) is 6.65. The second-order valence-electron chi connectivity index (χ2n) is 4.81. The number of amides is 1. The van der Waals surface area contributed by atoms with Crippen LogP contribution in [0.15, 0.2) is 12.1 Å². The van der Waals surface area contributed by atoms with Gasteiger partial charge in [0.25, 0.3) is 0 Å². The molecule has 19 heavy (non-hydrogen) atoms. The monoisotopic (exact) mass is 264 g/mol. The van der Waals surface area contributed by atoms with E-state index in [9.17, 15) is 4.79 Å². The maximum Gasteiger partial charge on any atom is 0.224 e. The molecular formula is C15H24N2O2. The zero-order valence-corrected chi connectivity index (χ0v) is 12.2. The minimum absolute atomic E-state index is 0.00489. The minimum atomic E-state index is -0.113. The summed E-state index contributed by atoms with van der Waals surface area (Å²) in [6.07, 6.45) is 0.756. The highest BCUT2D eigenvalue weighted by molar-refractivity contribution is 5.78. The van der Waals surface area contributed by atoms with Crippen molar-refractivity contribution in [1.82, 2.24) is 5.32 Å². The van der Waals surface area contributed by atoms with E-state index >= 15 is 0 Å². The Morgan fingerprint density at radius 1 is 1.37 bits per heavy atom. The van der Waals surface area contributed by atoms with E-state index in [1.807, 2.05) is 19.9 Å². The maximum absolute atomic E-state index is 11.9. The third-order valence-corrected chi connectivity index (χ3v) is 3.50. The average Bonchev–Trinajstić information content (AvgIpc) is 2.41. The fourth-order valence-electron chi connectivity index (χ4n) is 1.96. The summed E-state index contributed by atoms with van der Waals surface area (Å²) in [4.78, 5) is 11.9. The predicted octanol–water partition coefficient (Wildman–Crippen LogP) is 1.91. The molecule has 3 N–H and O–H groups in total. The molecule has 0 bridgehead atoms. The van der Waals surface area contributed by atoms with Crippen LogP contribution in [0.4, 0.5) is 0 Å². The second kappa shape index (κ2) is 7.14. The van der Waals surface area contributed by atoms with Crippen molar-refractivity contribution in [2.75, 3.05) is 13.7 Å². The first kappa shape index (κ1) is 15.5. The summed E-state index contributed by atoms with van der Waals surface area (Å²) >= 11 is 0. The fraction of sp³-hybridized carbons (Fsp3) is 0.533. The average molecular weight is 264 g/mol. The van der Waals surface area contributed by atoms with Crippen LogP contribution in [0.5, 0.6) is 5.75 Å². The van der Waals surface area contributed by atoms with Crippen molar-refractivity contribution < 1.29 is 9.53 Å². The van der Waals surface area contributed by atoms with Crippen molar-refractivity contribution in [2.24, 2.45) is 11.7 Å². The lowest BCUT2D eigenvalue weighted by Crippen LogP contribution is -2.34. The first-order valence-corrected chi connectivity index (χ1v) is 6.65. The lowest BCUT2D eigenvalue weighted by molar-refractivity contribution is -0.124. The highest BCUT2D eigenvalue weighted by Crippen LogP contribution is 2.22. The number of nitrogens with one attached hydrogen (secondary N) is 1.